The number of rotatable bonds is 3. The fourth-order valence-electron chi connectivity index (χ4n) is 3.33. The minimum absolute atomic E-state index is 0.114. The fourth-order valence-corrected chi connectivity index (χ4v) is 4.61. The monoisotopic (exact) mass is 307 g/mol. The summed E-state index contributed by atoms with van der Waals surface area (Å²) < 4.78 is 0. The molecule has 3 rings (SSSR count). The number of aryl methyl sites for hydroxylation is 2. The quantitative estimate of drug-likeness (QED) is 0.933. The molecule has 116 valence electrons. The number of nitrogens with zero attached hydrogens (tertiary/aromatic N) is 2. The second kappa shape index (κ2) is 6.44. The zero-order valence-electron chi connectivity index (χ0n) is 12.8. The van der Waals surface area contributed by atoms with Gasteiger partial charge in [-0.2, -0.15) is 0 Å². The number of fused-ring (bicyclic) bond motifs is 1. The van der Waals surface area contributed by atoms with Gasteiger partial charge in [0.15, 0.2) is 0 Å². The lowest BCUT2D eigenvalue weighted by Crippen LogP contribution is -2.47. The normalized spacial score (nSPS) is 23.7. The predicted octanol–water partition coefficient (Wildman–Crippen LogP) is 2.47. The van der Waals surface area contributed by atoms with Crippen LogP contribution < -0.4 is 5.73 Å². The zero-order chi connectivity index (χ0) is 14.8. The van der Waals surface area contributed by atoms with Gasteiger partial charge in [-0.05, 0) is 44.9 Å². The van der Waals surface area contributed by atoms with E-state index in [4.69, 9.17) is 10.7 Å². The Hall–Kier alpha value is -0.940. The van der Waals surface area contributed by atoms with Gasteiger partial charge in [-0.15, -0.1) is 11.3 Å². The first-order valence-corrected chi connectivity index (χ1v) is 9.03. The van der Waals surface area contributed by atoms with Crippen LogP contribution >= 0.6 is 11.3 Å². The Balaban J connectivity index is 1.71. The Morgan fingerprint density at radius 1 is 1.43 bits per heavy atom. The van der Waals surface area contributed by atoms with E-state index in [1.54, 1.807) is 0 Å². The number of likely N-dealkylation sites (tertiary alicyclic amines) is 1. The van der Waals surface area contributed by atoms with Crippen LogP contribution in [0.15, 0.2) is 0 Å². The molecule has 0 radical (unpaired) electrons. The van der Waals surface area contributed by atoms with E-state index in [1.165, 1.54) is 34.8 Å². The number of hydrogen-bond acceptors (Lipinski definition) is 4. The Kier molecular flexibility index (Phi) is 4.60. The van der Waals surface area contributed by atoms with E-state index in [1.807, 2.05) is 23.2 Å². The van der Waals surface area contributed by atoms with Crippen LogP contribution in [0.5, 0.6) is 0 Å². The van der Waals surface area contributed by atoms with Crippen LogP contribution in [-0.2, 0) is 17.6 Å². The number of carbonyl (C=O) groups excluding carboxylic acids is 1. The molecule has 1 fully saturated rings. The van der Waals surface area contributed by atoms with Gasteiger partial charge in [-0.1, -0.05) is 6.92 Å². The first-order valence-electron chi connectivity index (χ1n) is 8.22. The molecule has 0 saturated carbocycles. The molecule has 1 aromatic rings. The van der Waals surface area contributed by atoms with Crippen molar-refractivity contribution in [2.75, 3.05) is 13.1 Å². The predicted molar refractivity (Wildman–Crippen MR) is 85.6 cm³/mol. The lowest BCUT2D eigenvalue weighted by Gasteiger charge is -2.33. The summed E-state index contributed by atoms with van der Waals surface area (Å²) in [7, 11) is 0. The third-order valence-electron chi connectivity index (χ3n) is 4.70. The lowest BCUT2D eigenvalue weighted by molar-refractivity contribution is -0.133. The van der Waals surface area contributed by atoms with Crippen LogP contribution in [0.3, 0.4) is 0 Å². The van der Waals surface area contributed by atoms with E-state index >= 15 is 0 Å². The highest BCUT2D eigenvalue weighted by Crippen LogP contribution is 2.34. The highest BCUT2D eigenvalue weighted by atomic mass is 32.1. The van der Waals surface area contributed by atoms with E-state index in [0.29, 0.717) is 12.3 Å². The van der Waals surface area contributed by atoms with Crippen molar-refractivity contribution in [2.24, 2.45) is 5.73 Å². The van der Waals surface area contributed by atoms with E-state index < -0.39 is 0 Å². The Bertz CT molecular complexity index is 490. The number of aromatic nitrogens is 1. The summed E-state index contributed by atoms with van der Waals surface area (Å²) >= 11 is 1.89. The maximum Gasteiger partial charge on any atom is 0.239 e. The minimum atomic E-state index is -0.340. The Morgan fingerprint density at radius 2 is 2.24 bits per heavy atom. The summed E-state index contributed by atoms with van der Waals surface area (Å²) in [5.41, 5.74) is 7.24. The number of thiazole rings is 1. The van der Waals surface area contributed by atoms with Gasteiger partial charge in [0.1, 0.15) is 0 Å². The summed E-state index contributed by atoms with van der Waals surface area (Å²) in [6, 6.07) is -0.340. The van der Waals surface area contributed by atoms with Gasteiger partial charge in [0.2, 0.25) is 5.91 Å². The topological polar surface area (TPSA) is 59.2 Å². The van der Waals surface area contributed by atoms with Crippen molar-refractivity contribution >= 4 is 17.2 Å². The number of carbonyl (C=O) groups is 1. The molecule has 0 bridgehead atoms. The molecular formula is C16H25N3OS. The van der Waals surface area contributed by atoms with Crippen molar-refractivity contribution in [3.05, 3.63) is 15.6 Å². The number of nitrogens with two attached hydrogens (primary N) is 1. The van der Waals surface area contributed by atoms with Gasteiger partial charge in [-0.3, -0.25) is 4.79 Å². The second-order valence-corrected chi connectivity index (χ2v) is 7.38. The highest BCUT2D eigenvalue weighted by molar-refractivity contribution is 7.11. The molecule has 2 aliphatic rings. The number of amides is 1. The molecule has 5 heteroatoms. The Morgan fingerprint density at radius 3 is 3.00 bits per heavy atom. The van der Waals surface area contributed by atoms with Crippen LogP contribution in [0.1, 0.15) is 60.5 Å². The molecule has 1 aliphatic heterocycles. The molecule has 1 amide bonds. The van der Waals surface area contributed by atoms with Gasteiger partial charge in [0.25, 0.3) is 0 Å². The van der Waals surface area contributed by atoms with E-state index in [9.17, 15) is 4.79 Å². The van der Waals surface area contributed by atoms with Crippen molar-refractivity contribution in [1.82, 2.24) is 9.88 Å². The average molecular weight is 307 g/mol. The van der Waals surface area contributed by atoms with Gasteiger partial charge >= 0.3 is 0 Å². The second-order valence-electron chi connectivity index (χ2n) is 6.27. The maximum absolute atomic E-state index is 12.3. The standard InChI is InChI=1S/C16H25N3OS/c1-2-12(17)16(20)19-9-5-6-11(10-19)15-18-13-7-3-4-8-14(13)21-15/h11-12H,2-10,17H2,1H3/t11-,12-/m1/s1. The van der Waals surface area contributed by atoms with Crippen LogP contribution in [-0.4, -0.2) is 34.9 Å². The molecule has 2 atom stereocenters. The smallest absolute Gasteiger partial charge is 0.239 e. The van der Waals surface area contributed by atoms with Gasteiger partial charge in [0.05, 0.1) is 16.7 Å². The van der Waals surface area contributed by atoms with Gasteiger partial charge < -0.3 is 10.6 Å². The molecule has 2 heterocycles. The molecule has 1 saturated heterocycles. The average Bonchev–Trinajstić information content (AvgIpc) is 2.97. The first kappa shape index (κ1) is 15.0. The Labute approximate surface area is 130 Å². The maximum atomic E-state index is 12.3. The summed E-state index contributed by atoms with van der Waals surface area (Å²) in [5.74, 6) is 0.533. The van der Waals surface area contributed by atoms with E-state index in [0.717, 1.165) is 32.4 Å². The molecule has 2 N–H and O–H groups in total. The lowest BCUT2D eigenvalue weighted by atomic mass is 9.97. The molecular weight excluding hydrogens is 282 g/mol. The summed E-state index contributed by atoms with van der Waals surface area (Å²) in [6.07, 6.45) is 7.84. The molecule has 0 aromatic carbocycles. The van der Waals surface area contributed by atoms with Crippen LogP contribution in [0.25, 0.3) is 0 Å². The fraction of sp³-hybridized carbons (Fsp3) is 0.750. The molecule has 1 aromatic heterocycles. The SMILES string of the molecule is CC[C@@H](N)C(=O)N1CCC[C@@H](c2nc3c(s2)CCCC3)C1. The number of hydrogen-bond donors (Lipinski definition) is 1. The zero-order valence-corrected chi connectivity index (χ0v) is 13.6. The molecule has 0 spiro atoms. The first-order chi connectivity index (χ1) is 10.2. The van der Waals surface area contributed by atoms with Crippen LogP contribution in [0, 0.1) is 0 Å². The van der Waals surface area contributed by atoms with Crippen molar-refractivity contribution < 1.29 is 4.79 Å². The van der Waals surface area contributed by atoms with Crippen molar-refractivity contribution in [3.63, 3.8) is 0 Å². The van der Waals surface area contributed by atoms with Crippen LogP contribution in [0.4, 0.5) is 0 Å². The van der Waals surface area contributed by atoms with Gasteiger partial charge in [0, 0.05) is 23.9 Å². The van der Waals surface area contributed by atoms with Crippen molar-refractivity contribution in [3.8, 4) is 0 Å². The molecule has 1 aliphatic carbocycles. The number of piperidine rings is 1. The third-order valence-corrected chi connectivity index (χ3v) is 6.02. The third kappa shape index (κ3) is 3.14. The molecule has 4 nitrogen and oxygen atoms in total. The minimum Gasteiger partial charge on any atom is -0.341 e. The van der Waals surface area contributed by atoms with E-state index in [2.05, 4.69) is 0 Å². The summed E-state index contributed by atoms with van der Waals surface area (Å²) in [5, 5.41) is 1.25. The van der Waals surface area contributed by atoms with Crippen molar-refractivity contribution in [2.45, 2.75) is 63.8 Å². The van der Waals surface area contributed by atoms with Gasteiger partial charge in [-0.25, -0.2) is 4.98 Å². The highest BCUT2D eigenvalue weighted by Gasteiger charge is 2.29. The molecule has 21 heavy (non-hydrogen) atoms. The molecule has 0 unspecified atom stereocenters. The van der Waals surface area contributed by atoms with E-state index in [-0.39, 0.29) is 11.9 Å². The summed E-state index contributed by atoms with van der Waals surface area (Å²) in [6.45, 7) is 3.63. The van der Waals surface area contributed by atoms with Crippen LogP contribution in [0.2, 0.25) is 0 Å². The summed E-state index contributed by atoms with van der Waals surface area (Å²) in [4.78, 5) is 20.6. The van der Waals surface area contributed by atoms with Crippen molar-refractivity contribution in [1.29, 1.82) is 0 Å². The largest absolute Gasteiger partial charge is 0.341 e.